The molecule has 0 atom stereocenters. The summed E-state index contributed by atoms with van der Waals surface area (Å²) in [5, 5.41) is 0. The van der Waals surface area contributed by atoms with Crippen molar-refractivity contribution in [2.45, 2.75) is 6.92 Å². The molecule has 3 nitrogen and oxygen atoms in total. The molecule has 0 aliphatic heterocycles. The Morgan fingerprint density at radius 1 is 1.29 bits per heavy atom. The highest BCUT2D eigenvalue weighted by Crippen LogP contribution is 2.41. The van der Waals surface area contributed by atoms with Crippen LogP contribution in [0.25, 0.3) is 0 Å². The van der Waals surface area contributed by atoms with Gasteiger partial charge in [0.25, 0.3) is 0 Å². The van der Waals surface area contributed by atoms with Crippen molar-refractivity contribution in [2.24, 2.45) is 0 Å². The zero-order valence-corrected chi connectivity index (χ0v) is 9.97. The molecule has 1 aromatic carbocycles. The van der Waals surface area contributed by atoms with E-state index in [1.807, 2.05) is 6.92 Å². The third kappa shape index (κ3) is 2.12. The van der Waals surface area contributed by atoms with Gasteiger partial charge in [0.15, 0.2) is 11.5 Å². The van der Waals surface area contributed by atoms with Crippen LogP contribution in [0, 0.1) is 6.07 Å². The van der Waals surface area contributed by atoms with E-state index in [1.165, 1.54) is 0 Å². The van der Waals surface area contributed by atoms with E-state index in [1.54, 1.807) is 20.3 Å². The lowest BCUT2D eigenvalue weighted by Gasteiger charge is -2.13. The third-order valence-electron chi connectivity index (χ3n) is 1.67. The van der Waals surface area contributed by atoms with E-state index >= 15 is 0 Å². The van der Waals surface area contributed by atoms with Gasteiger partial charge >= 0.3 is 0 Å². The zero-order chi connectivity index (χ0) is 10.6. The molecule has 4 heteroatoms. The van der Waals surface area contributed by atoms with Crippen LogP contribution in [0.3, 0.4) is 0 Å². The first-order valence-corrected chi connectivity index (χ1v) is 4.98. The second-order valence-corrected chi connectivity index (χ2v) is 3.26. The first-order chi connectivity index (χ1) is 6.74. The molecule has 77 valence electrons. The molecule has 1 radical (unpaired) electrons. The van der Waals surface area contributed by atoms with Gasteiger partial charge in [-0.2, -0.15) is 0 Å². The molecule has 0 N–H and O–H groups in total. The second-order valence-electron chi connectivity index (χ2n) is 2.47. The van der Waals surface area contributed by atoms with Crippen molar-refractivity contribution in [3.05, 3.63) is 16.6 Å². The Kier molecular flexibility index (Phi) is 4.07. The van der Waals surface area contributed by atoms with Gasteiger partial charge in [0.05, 0.1) is 25.3 Å². The van der Waals surface area contributed by atoms with Crippen molar-refractivity contribution in [2.75, 3.05) is 20.8 Å². The van der Waals surface area contributed by atoms with Gasteiger partial charge in [-0.3, -0.25) is 0 Å². The molecule has 0 saturated carbocycles. The monoisotopic (exact) mass is 259 g/mol. The van der Waals surface area contributed by atoms with E-state index in [2.05, 4.69) is 22.0 Å². The van der Waals surface area contributed by atoms with Crippen LogP contribution in [0.2, 0.25) is 0 Å². The first kappa shape index (κ1) is 11.2. The Labute approximate surface area is 92.1 Å². The molecule has 0 amide bonds. The highest BCUT2D eigenvalue weighted by molar-refractivity contribution is 9.10. The highest BCUT2D eigenvalue weighted by Gasteiger charge is 2.14. The summed E-state index contributed by atoms with van der Waals surface area (Å²) in [7, 11) is 3.16. The zero-order valence-electron chi connectivity index (χ0n) is 8.39. The average Bonchev–Trinajstić information content (AvgIpc) is 2.19. The predicted octanol–water partition coefficient (Wildman–Crippen LogP) is 2.67. The van der Waals surface area contributed by atoms with Crippen molar-refractivity contribution in [3.8, 4) is 17.2 Å². The van der Waals surface area contributed by atoms with Crippen LogP contribution < -0.4 is 14.2 Å². The minimum Gasteiger partial charge on any atom is -0.493 e. The maximum atomic E-state index is 5.43. The fourth-order valence-electron chi connectivity index (χ4n) is 1.09. The summed E-state index contributed by atoms with van der Waals surface area (Å²) in [5.41, 5.74) is 0. The number of rotatable bonds is 4. The molecule has 1 aromatic rings. The van der Waals surface area contributed by atoms with Crippen LogP contribution in [-0.2, 0) is 0 Å². The molecule has 0 unspecified atom stereocenters. The van der Waals surface area contributed by atoms with E-state index in [0.29, 0.717) is 23.9 Å². The van der Waals surface area contributed by atoms with Gasteiger partial charge in [-0.15, -0.1) is 0 Å². The summed E-state index contributed by atoms with van der Waals surface area (Å²) in [5.74, 6) is 1.82. The molecular formula is C10H12BrO3. The summed E-state index contributed by atoms with van der Waals surface area (Å²) in [6.45, 7) is 2.46. The third-order valence-corrected chi connectivity index (χ3v) is 2.26. The normalized spacial score (nSPS) is 9.71. The SMILES string of the molecule is CCOc1c(OC)c[c]c(Br)c1OC. The fraction of sp³-hybridized carbons (Fsp3) is 0.400. The van der Waals surface area contributed by atoms with Crippen LogP contribution in [-0.4, -0.2) is 20.8 Å². The number of hydrogen-bond donors (Lipinski definition) is 0. The van der Waals surface area contributed by atoms with Crippen LogP contribution in [0.15, 0.2) is 10.5 Å². The molecule has 1 rings (SSSR count). The minimum atomic E-state index is 0.559. The number of benzene rings is 1. The Morgan fingerprint density at radius 3 is 2.50 bits per heavy atom. The fourth-order valence-corrected chi connectivity index (χ4v) is 1.54. The molecule has 0 spiro atoms. The topological polar surface area (TPSA) is 27.7 Å². The van der Waals surface area contributed by atoms with Crippen molar-refractivity contribution in [1.82, 2.24) is 0 Å². The molecular weight excluding hydrogens is 248 g/mol. The number of hydrogen-bond acceptors (Lipinski definition) is 3. The van der Waals surface area contributed by atoms with Crippen LogP contribution in [0.4, 0.5) is 0 Å². The number of halogens is 1. The maximum Gasteiger partial charge on any atom is 0.204 e. The smallest absolute Gasteiger partial charge is 0.204 e. The summed E-state index contributed by atoms with van der Waals surface area (Å²) >= 11 is 3.32. The van der Waals surface area contributed by atoms with Crippen LogP contribution in [0.5, 0.6) is 17.2 Å². The summed E-state index contributed by atoms with van der Waals surface area (Å²) in [6, 6.07) is 4.66. The molecule has 0 fully saturated rings. The van der Waals surface area contributed by atoms with Crippen LogP contribution in [0.1, 0.15) is 6.92 Å². The second kappa shape index (κ2) is 5.10. The Morgan fingerprint density at radius 2 is 2.00 bits per heavy atom. The van der Waals surface area contributed by atoms with Gasteiger partial charge in [0, 0.05) is 6.07 Å². The molecule has 0 aliphatic carbocycles. The molecule has 14 heavy (non-hydrogen) atoms. The summed E-state index contributed by atoms with van der Waals surface area (Å²) in [6.07, 6.45) is 0. The Balaban J connectivity index is 3.21. The largest absolute Gasteiger partial charge is 0.493 e. The lowest BCUT2D eigenvalue weighted by Crippen LogP contribution is -1.99. The van der Waals surface area contributed by atoms with E-state index < -0.39 is 0 Å². The van der Waals surface area contributed by atoms with E-state index in [4.69, 9.17) is 14.2 Å². The molecule has 0 aliphatic rings. The van der Waals surface area contributed by atoms with Crippen molar-refractivity contribution in [3.63, 3.8) is 0 Å². The predicted molar refractivity (Wildman–Crippen MR) is 57.3 cm³/mol. The average molecular weight is 260 g/mol. The Bertz CT molecular complexity index is 312. The van der Waals surface area contributed by atoms with Gasteiger partial charge in [0.1, 0.15) is 0 Å². The summed E-state index contributed by atoms with van der Waals surface area (Å²) in [4.78, 5) is 0. The quantitative estimate of drug-likeness (QED) is 0.832. The standard InChI is InChI=1S/C10H12BrO3/c1-4-14-10-8(12-2)6-5-7(11)9(10)13-3/h6H,4H2,1-3H3. The van der Waals surface area contributed by atoms with Crippen molar-refractivity contribution >= 4 is 15.9 Å². The first-order valence-electron chi connectivity index (χ1n) is 4.19. The molecule has 0 bridgehead atoms. The number of ether oxygens (including phenoxy) is 3. The Hall–Kier alpha value is -0.900. The van der Waals surface area contributed by atoms with E-state index in [-0.39, 0.29) is 0 Å². The van der Waals surface area contributed by atoms with Gasteiger partial charge < -0.3 is 14.2 Å². The van der Waals surface area contributed by atoms with E-state index in [9.17, 15) is 0 Å². The van der Waals surface area contributed by atoms with Gasteiger partial charge in [-0.05, 0) is 28.9 Å². The van der Waals surface area contributed by atoms with Gasteiger partial charge in [-0.25, -0.2) is 0 Å². The van der Waals surface area contributed by atoms with Crippen molar-refractivity contribution in [1.29, 1.82) is 0 Å². The highest BCUT2D eigenvalue weighted by atomic mass is 79.9. The lowest BCUT2D eigenvalue weighted by atomic mass is 10.3. The molecule has 0 saturated heterocycles. The van der Waals surface area contributed by atoms with Gasteiger partial charge in [-0.1, -0.05) is 0 Å². The van der Waals surface area contributed by atoms with Crippen molar-refractivity contribution < 1.29 is 14.2 Å². The maximum absolute atomic E-state index is 5.43. The molecule has 0 aromatic heterocycles. The lowest BCUT2D eigenvalue weighted by molar-refractivity contribution is 0.287. The molecule has 0 heterocycles. The summed E-state index contributed by atoms with van der Waals surface area (Å²) < 4.78 is 16.5. The van der Waals surface area contributed by atoms with Crippen LogP contribution >= 0.6 is 15.9 Å². The minimum absolute atomic E-state index is 0.559. The van der Waals surface area contributed by atoms with Gasteiger partial charge in [0.2, 0.25) is 5.75 Å². The number of methoxy groups -OCH3 is 2. The van der Waals surface area contributed by atoms with E-state index in [0.717, 1.165) is 4.47 Å².